The van der Waals surface area contributed by atoms with E-state index in [1.54, 1.807) is 36.5 Å². The SMILES string of the molecule is CCCCc1ccc(N2C(=O)C(O)=C(C(=O)c3cc4ccccc4o3)C2c2ccccn2)cc1. The van der Waals surface area contributed by atoms with Gasteiger partial charge in [-0.25, -0.2) is 0 Å². The molecule has 6 heteroatoms. The van der Waals surface area contributed by atoms with Crippen LogP contribution in [-0.4, -0.2) is 21.8 Å². The fourth-order valence-corrected chi connectivity index (χ4v) is 4.35. The summed E-state index contributed by atoms with van der Waals surface area (Å²) < 4.78 is 5.76. The molecule has 2 aromatic heterocycles. The van der Waals surface area contributed by atoms with Crippen LogP contribution in [0.25, 0.3) is 11.0 Å². The van der Waals surface area contributed by atoms with Crippen LogP contribution in [0.5, 0.6) is 0 Å². The molecule has 0 saturated heterocycles. The standard InChI is InChI=1S/C28H24N2O4/c1-2-3-8-18-12-14-20(15-13-18)30-25(21-10-6-7-16-29-21)24(27(32)28(30)33)26(31)23-17-19-9-4-5-11-22(19)34-23/h4-7,9-17,25,32H,2-3,8H2,1H3. The number of ketones is 1. The zero-order valence-corrected chi connectivity index (χ0v) is 18.8. The highest BCUT2D eigenvalue weighted by atomic mass is 16.3. The zero-order chi connectivity index (χ0) is 23.7. The summed E-state index contributed by atoms with van der Waals surface area (Å²) in [6, 6.07) is 21.0. The predicted molar refractivity (Wildman–Crippen MR) is 130 cm³/mol. The van der Waals surface area contributed by atoms with Crippen LogP contribution >= 0.6 is 0 Å². The Kier molecular flexibility index (Phi) is 5.72. The minimum atomic E-state index is -0.879. The summed E-state index contributed by atoms with van der Waals surface area (Å²) in [5.74, 6) is -1.71. The van der Waals surface area contributed by atoms with E-state index in [-0.39, 0.29) is 11.3 Å². The van der Waals surface area contributed by atoms with Crippen LogP contribution in [0.15, 0.2) is 94.7 Å². The van der Waals surface area contributed by atoms with E-state index in [9.17, 15) is 14.7 Å². The van der Waals surface area contributed by atoms with Crippen molar-refractivity contribution in [1.82, 2.24) is 4.98 Å². The number of hydrogen-bond acceptors (Lipinski definition) is 5. The Morgan fingerprint density at radius 3 is 2.53 bits per heavy atom. The van der Waals surface area contributed by atoms with Crippen molar-refractivity contribution < 1.29 is 19.1 Å². The summed E-state index contributed by atoms with van der Waals surface area (Å²) in [5, 5.41) is 11.7. The van der Waals surface area contributed by atoms with Gasteiger partial charge in [-0.15, -0.1) is 0 Å². The molecule has 1 atom stereocenters. The zero-order valence-electron chi connectivity index (χ0n) is 18.8. The Hall–Kier alpha value is -4.19. The fourth-order valence-electron chi connectivity index (χ4n) is 4.35. The van der Waals surface area contributed by atoms with Crippen LogP contribution in [0, 0.1) is 0 Å². The second-order valence-corrected chi connectivity index (χ2v) is 8.34. The van der Waals surface area contributed by atoms with E-state index in [1.165, 1.54) is 10.5 Å². The van der Waals surface area contributed by atoms with Crippen molar-refractivity contribution in [2.24, 2.45) is 0 Å². The molecule has 2 aromatic carbocycles. The van der Waals surface area contributed by atoms with Gasteiger partial charge < -0.3 is 9.52 Å². The van der Waals surface area contributed by atoms with E-state index in [2.05, 4.69) is 11.9 Å². The number of furan rings is 1. The molecule has 1 unspecified atom stereocenters. The van der Waals surface area contributed by atoms with Gasteiger partial charge in [-0.05, 0) is 54.8 Å². The molecule has 1 N–H and O–H groups in total. The molecule has 5 rings (SSSR count). The van der Waals surface area contributed by atoms with Crippen molar-refractivity contribution in [2.75, 3.05) is 4.90 Å². The van der Waals surface area contributed by atoms with Gasteiger partial charge in [-0.1, -0.05) is 49.7 Å². The van der Waals surface area contributed by atoms with E-state index < -0.39 is 23.5 Å². The summed E-state index contributed by atoms with van der Waals surface area (Å²) in [5.41, 5.74) is 2.75. The van der Waals surface area contributed by atoms with Crippen LogP contribution in [0.4, 0.5) is 5.69 Å². The van der Waals surface area contributed by atoms with Crippen LogP contribution in [0.1, 0.15) is 47.6 Å². The maximum absolute atomic E-state index is 13.6. The lowest BCUT2D eigenvalue weighted by atomic mass is 9.98. The van der Waals surface area contributed by atoms with Gasteiger partial charge in [0.05, 0.1) is 11.3 Å². The predicted octanol–water partition coefficient (Wildman–Crippen LogP) is 5.95. The molecule has 3 heterocycles. The highest BCUT2D eigenvalue weighted by molar-refractivity contribution is 6.20. The lowest BCUT2D eigenvalue weighted by Gasteiger charge is -2.26. The van der Waals surface area contributed by atoms with Crippen molar-refractivity contribution in [3.63, 3.8) is 0 Å². The number of fused-ring (bicyclic) bond motifs is 1. The summed E-state index contributed by atoms with van der Waals surface area (Å²) in [7, 11) is 0. The first kappa shape index (κ1) is 21.6. The van der Waals surface area contributed by atoms with Crippen molar-refractivity contribution in [3.05, 3.63) is 107 Å². The van der Waals surface area contributed by atoms with E-state index >= 15 is 0 Å². The van der Waals surface area contributed by atoms with Crippen molar-refractivity contribution >= 4 is 28.3 Å². The lowest BCUT2D eigenvalue weighted by Crippen LogP contribution is -2.31. The normalized spacial score (nSPS) is 16.0. The summed E-state index contributed by atoms with van der Waals surface area (Å²) in [6.07, 6.45) is 4.73. The van der Waals surface area contributed by atoms with Gasteiger partial charge in [-0.2, -0.15) is 0 Å². The number of unbranched alkanes of at least 4 members (excludes halogenated alkanes) is 1. The number of aryl methyl sites for hydroxylation is 1. The van der Waals surface area contributed by atoms with E-state index in [4.69, 9.17) is 4.42 Å². The minimum Gasteiger partial charge on any atom is -0.503 e. The van der Waals surface area contributed by atoms with Gasteiger partial charge in [0.15, 0.2) is 11.5 Å². The first-order chi connectivity index (χ1) is 16.6. The average molecular weight is 453 g/mol. The molecule has 0 aliphatic carbocycles. The molecular weight excluding hydrogens is 428 g/mol. The Morgan fingerprint density at radius 1 is 1.06 bits per heavy atom. The highest BCUT2D eigenvalue weighted by Crippen LogP contribution is 2.41. The van der Waals surface area contributed by atoms with Crippen molar-refractivity contribution in [2.45, 2.75) is 32.2 Å². The number of amides is 1. The van der Waals surface area contributed by atoms with Gasteiger partial charge in [0.1, 0.15) is 11.6 Å². The molecule has 0 saturated carbocycles. The monoisotopic (exact) mass is 452 g/mol. The molecular formula is C28H24N2O4. The van der Waals surface area contributed by atoms with Crippen LogP contribution in [-0.2, 0) is 11.2 Å². The van der Waals surface area contributed by atoms with Gasteiger partial charge >= 0.3 is 0 Å². The molecule has 0 bridgehead atoms. The van der Waals surface area contributed by atoms with E-state index in [0.717, 1.165) is 24.6 Å². The van der Waals surface area contributed by atoms with Crippen molar-refractivity contribution in [1.29, 1.82) is 0 Å². The first-order valence-electron chi connectivity index (χ1n) is 11.4. The molecule has 34 heavy (non-hydrogen) atoms. The summed E-state index contributed by atoms with van der Waals surface area (Å²) in [6.45, 7) is 2.14. The quantitative estimate of drug-likeness (QED) is 0.350. The first-order valence-corrected chi connectivity index (χ1v) is 11.4. The number of aromatic nitrogens is 1. The van der Waals surface area contributed by atoms with Gasteiger partial charge in [0.25, 0.3) is 5.91 Å². The van der Waals surface area contributed by atoms with E-state index in [1.807, 2.05) is 42.5 Å². The number of hydrogen-bond donors (Lipinski definition) is 1. The molecule has 0 spiro atoms. The lowest BCUT2D eigenvalue weighted by molar-refractivity contribution is -0.117. The molecule has 1 aliphatic rings. The number of aliphatic hydroxyl groups is 1. The maximum Gasteiger partial charge on any atom is 0.294 e. The Balaban J connectivity index is 1.58. The highest BCUT2D eigenvalue weighted by Gasteiger charge is 2.46. The van der Waals surface area contributed by atoms with Crippen molar-refractivity contribution in [3.8, 4) is 0 Å². The number of Topliss-reactive ketones (excluding diaryl/α,β-unsaturated/α-hetero) is 1. The third kappa shape index (κ3) is 3.77. The topological polar surface area (TPSA) is 83.6 Å². The van der Waals surface area contributed by atoms with Crippen LogP contribution in [0.2, 0.25) is 0 Å². The van der Waals surface area contributed by atoms with Crippen LogP contribution < -0.4 is 4.90 Å². The molecule has 170 valence electrons. The number of rotatable bonds is 7. The Labute approximate surface area is 197 Å². The molecule has 1 amide bonds. The van der Waals surface area contributed by atoms with Crippen LogP contribution in [0.3, 0.4) is 0 Å². The summed E-state index contributed by atoms with van der Waals surface area (Å²) >= 11 is 0. The molecule has 4 aromatic rings. The number of carbonyl (C=O) groups is 2. The number of para-hydroxylation sites is 1. The van der Waals surface area contributed by atoms with Gasteiger partial charge in [0.2, 0.25) is 5.78 Å². The number of benzene rings is 2. The Morgan fingerprint density at radius 2 is 1.82 bits per heavy atom. The van der Waals surface area contributed by atoms with Gasteiger partial charge in [0, 0.05) is 17.3 Å². The third-order valence-electron chi connectivity index (χ3n) is 6.10. The Bertz CT molecular complexity index is 1350. The fraction of sp³-hybridized carbons (Fsp3) is 0.179. The molecule has 0 fully saturated rings. The number of pyridine rings is 1. The molecule has 6 nitrogen and oxygen atoms in total. The molecule has 0 radical (unpaired) electrons. The van der Waals surface area contributed by atoms with E-state index in [0.29, 0.717) is 17.0 Å². The number of aliphatic hydroxyl groups excluding tert-OH is 1. The average Bonchev–Trinajstić information content (AvgIpc) is 3.42. The largest absolute Gasteiger partial charge is 0.503 e. The number of anilines is 1. The second kappa shape index (κ2) is 8.98. The smallest absolute Gasteiger partial charge is 0.294 e. The second-order valence-electron chi connectivity index (χ2n) is 8.34. The number of carbonyl (C=O) groups excluding carboxylic acids is 2. The third-order valence-corrected chi connectivity index (χ3v) is 6.10. The summed E-state index contributed by atoms with van der Waals surface area (Å²) in [4.78, 5) is 32.7. The number of nitrogens with zero attached hydrogens (tertiary/aromatic N) is 2. The molecule has 1 aliphatic heterocycles. The maximum atomic E-state index is 13.6. The van der Waals surface area contributed by atoms with Gasteiger partial charge in [-0.3, -0.25) is 19.5 Å². The minimum absolute atomic E-state index is 0.0437.